The standard InChI is InChI=1S/C23H23NO5/c1-28-9-8-24-13-16(11-22(24)26)10-15-2-4-17(5-3-15)20-14-29-21-12-18(25)6-7-19(21)23(20)27/h2-7,12,14,16,25H,8-11,13H2,1H3/t16-/m1/s1. The van der Waals surface area contributed by atoms with Crippen molar-refractivity contribution in [1.82, 2.24) is 4.90 Å². The maximum absolute atomic E-state index is 12.8. The summed E-state index contributed by atoms with van der Waals surface area (Å²) in [6.45, 7) is 1.95. The van der Waals surface area contributed by atoms with Crippen LogP contribution in [0.25, 0.3) is 22.1 Å². The smallest absolute Gasteiger partial charge is 0.223 e. The molecule has 1 amide bonds. The SMILES string of the molecule is COCCN1C[C@H](Cc2ccc(-c3coc4cc(O)ccc4c3=O)cc2)CC1=O. The van der Waals surface area contributed by atoms with Crippen LogP contribution in [-0.2, 0) is 16.0 Å². The first kappa shape index (κ1) is 19.2. The van der Waals surface area contributed by atoms with E-state index in [0.717, 1.165) is 24.1 Å². The van der Waals surface area contributed by atoms with Gasteiger partial charge in [0, 0.05) is 32.7 Å². The van der Waals surface area contributed by atoms with Gasteiger partial charge in [0.05, 0.1) is 17.6 Å². The van der Waals surface area contributed by atoms with Gasteiger partial charge in [-0.2, -0.15) is 0 Å². The summed E-state index contributed by atoms with van der Waals surface area (Å²) in [4.78, 5) is 26.7. The van der Waals surface area contributed by atoms with Crippen molar-refractivity contribution < 1.29 is 19.1 Å². The van der Waals surface area contributed by atoms with Crippen LogP contribution >= 0.6 is 0 Å². The van der Waals surface area contributed by atoms with E-state index in [4.69, 9.17) is 9.15 Å². The second-order valence-corrected chi connectivity index (χ2v) is 7.46. The average Bonchev–Trinajstić information content (AvgIpc) is 3.06. The molecule has 0 bridgehead atoms. The molecule has 1 N–H and O–H groups in total. The number of carbonyl (C=O) groups is 1. The first-order valence-corrected chi connectivity index (χ1v) is 9.65. The van der Waals surface area contributed by atoms with Gasteiger partial charge in [0.25, 0.3) is 0 Å². The lowest BCUT2D eigenvalue weighted by atomic mass is 9.96. The highest BCUT2D eigenvalue weighted by atomic mass is 16.5. The van der Waals surface area contributed by atoms with E-state index in [-0.39, 0.29) is 17.1 Å². The van der Waals surface area contributed by atoms with E-state index in [1.165, 1.54) is 18.4 Å². The molecule has 29 heavy (non-hydrogen) atoms. The number of hydrogen-bond acceptors (Lipinski definition) is 5. The molecule has 2 aromatic carbocycles. The lowest BCUT2D eigenvalue weighted by molar-refractivity contribution is -0.128. The van der Waals surface area contributed by atoms with Crippen LogP contribution in [0, 0.1) is 5.92 Å². The van der Waals surface area contributed by atoms with E-state index >= 15 is 0 Å². The third kappa shape index (κ3) is 4.03. The predicted molar refractivity (Wildman–Crippen MR) is 110 cm³/mol. The van der Waals surface area contributed by atoms with E-state index in [1.807, 2.05) is 29.2 Å². The summed E-state index contributed by atoms with van der Waals surface area (Å²) in [5, 5.41) is 9.97. The number of benzene rings is 2. The van der Waals surface area contributed by atoms with Crippen LogP contribution in [0.5, 0.6) is 5.75 Å². The number of carbonyl (C=O) groups excluding carboxylic acids is 1. The minimum Gasteiger partial charge on any atom is -0.508 e. The zero-order valence-electron chi connectivity index (χ0n) is 16.3. The van der Waals surface area contributed by atoms with E-state index < -0.39 is 0 Å². The Morgan fingerprint density at radius 3 is 2.72 bits per heavy atom. The lowest BCUT2D eigenvalue weighted by Crippen LogP contribution is -2.28. The van der Waals surface area contributed by atoms with Crippen molar-refractivity contribution in [2.24, 2.45) is 5.92 Å². The second-order valence-electron chi connectivity index (χ2n) is 7.46. The fourth-order valence-electron chi connectivity index (χ4n) is 3.88. The average molecular weight is 393 g/mol. The van der Waals surface area contributed by atoms with Crippen LogP contribution in [0.3, 0.4) is 0 Å². The quantitative estimate of drug-likeness (QED) is 0.696. The van der Waals surface area contributed by atoms with E-state index in [1.54, 1.807) is 13.2 Å². The highest BCUT2D eigenvalue weighted by molar-refractivity contribution is 5.82. The van der Waals surface area contributed by atoms with Crippen molar-refractivity contribution in [2.75, 3.05) is 26.8 Å². The molecule has 3 aromatic rings. The number of phenols is 1. The maximum Gasteiger partial charge on any atom is 0.223 e. The summed E-state index contributed by atoms with van der Waals surface area (Å²) in [5.41, 5.74) is 2.63. The number of aromatic hydroxyl groups is 1. The molecule has 0 radical (unpaired) electrons. The first-order valence-electron chi connectivity index (χ1n) is 9.65. The topological polar surface area (TPSA) is 80.0 Å². The Morgan fingerprint density at radius 1 is 1.17 bits per heavy atom. The van der Waals surface area contributed by atoms with Crippen LogP contribution in [-0.4, -0.2) is 42.7 Å². The number of phenolic OH excluding ortho intramolecular Hbond substituents is 1. The molecule has 4 rings (SSSR count). The molecule has 2 heterocycles. The third-order valence-electron chi connectivity index (χ3n) is 5.41. The number of ether oxygens (including phenoxy) is 1. The Bertz CT molecular complexity index is 1090. The van der Waals surface area contributed by atoms with Crippen molar-refractivity contribution in [1.29, 1.82) is 0 Å². The van der Waals surface area contributed by atoms with Crippen LogP contribution in [0.4, 0.5) is 0 Å². The molecular formula is C23H23NO5. The molecule has 1 aliphatic rings. The molecule has 0 aliphatic carbocycles. The molecule has 6 heteroatoms. The van der Waals surface area contributed by atoms with Gasteiger partial charge in [0.2, 0.25) is 5.91 Å². The molecule has 1 aliphatic heterocycles. The normalized spacial score (nSPS) is 16.7. The van der Waals surface area contributed by atoms with Crippen LogP contribution < -0.4 is 5.43 Å². The highest BCUT2D eigenvalue weighted by Crippen LogP contribution is 2.25. The summed E-state index contributed by atoms with van der Waals surface area (Å²) >= 11 is 0. The minimum absolute atomic E-state index is 0.0592. The summed E-state index contributed by atoms with van der Waals surface area (Å²) in [7, 11) is 1.64. The fraction of sp³-hybridized carbons (Fsp3) is 0.304. The van der Waals surface area contributed by atoms with Crippen LogP contribution in [0.15, 0.2) is 57.9 Å². The number of fused-ring (bicyclic) bond motifs is 1. The molecule has 6 nitrogen and oxygen atoms in total. The van der Waals surface area contributed by atoms with Gasteiger partial charge in [-0.1, -0.05) is 24.3 Å². The van der Waals surface area contributed by atoms with Crippen molar-refractivity contribution in [2.45, 2.75) is 12.8 Å². The monoisotopic (exact) mass is 393 g/mol. The fourth-order valence-corrected chi connectivity index (χ4v) is 3.88. The van der Waals surface area contributed by atoms with Gasteiger partial charge in [-0.25, -0.2) is 0 Å². The summed E-state index contributed by atoms with van der Waals surface area (Å²) in [5.74, 6) is 0.538. The Hall–Kier alpha value is -3.12. The van der Waals surface area contributed by atoms with Gasteiger partial charge in [0.15, 0.2) is 5.43 Å². The molecule has 1 aromatic heterocycles. The molecule has 150 valence electrons. The third-order valence-corrected chi connectivity index (χ3v) is 5.41. The Morgan fingerprint density at radius 2 is 1.97 bits per heavy atom. The molecule has 1 saturated heterocycles. The first-order chi connectivity index (χ1) is 14.0. The van der Waals surface area contributed by atoms with Crippen LogP contribution in [0.2, 0.25) is 0 Å². The second kappa shape index (κ2) is 8.09. The van der Waals surface area contributed by atoms with Gasteiger partial charge in [-0.3, -0.25) is 9.59 Å². The zero-order chi connectivity index (χ0) is 20.4. The highest BCUT2D eigenvalue weighted by Gasteiger charge is 2.29. The summed E-state index contributed by atoms with van der Waals surface area (Å²) < 4.78 is 10.6. The van der Waals surface area contributed by atoms with Crippen molar-refractivity contribution in [3.8, 4) is 16.9 Å². The van der Waals surface area contributed by atoms with Gasteiger partial charge >= 0.3 is 0 Å². The molecule has 0 unspecified atom stereocenters. The number of hydrogen-bond donors (Lipinski definition) is 1. The van der Waals surface area contributed by atoms with Crippen molar-refractivity contribution in [3.05, 3.63) is 64.5 Å². The molecule has 1 atom stereocenters. The molecule has 0 spiro atoms. The summed E-state index contributed by atoms with van der Waals surface area (Å²) in [6, 6.07) is 12.3. The Balaban J connectivity index is 1.49. The van der Waals surface area contributed by atoms with Crippen molar-refractivity contribution >= 4 is 16.9 Å². The van der Waals surface area contributed by atoms with E-state index in [9.17, 15) is 14.7 Å². The van der Waals surface area contributed by atoms with E-state index in [2.05, 4.69) is 0 Å². The van der Waals surface area contributed by atoms with Gasteiger partial charge in [-0.15, -0.1) is 0 Å². The van der Waals surface area contributed by atoms with Crippen molar-refractivity contribution in [3.63, 3.8) is 0 Å². The zero-order valence-corrected chi connectivity index (χ0v) is 16.3. The van der Waals surface area contributed by atoms with Gasteiger partial charge in [-0.05, 0) is 35.6 Å². The molecule has 1 fully saturated rings. The number of amides is 1. The predicted octanol–water partition coefficient (Wildman–Crippen LogP) is 3.20. The largest absolute Gasteiger partial charge is 0.508 e. The minimum atomic E-state index is -0.130. The summed E-state index contributed by atoms with van der Waals surface area (Å²) in [6.07, 6.45) is 2.82. The number of methoxy groups -OCH3 is 1. The van der Waals surface area contributed by atoms with Gasteiger partial charge in [0.1, 0.15) is 17.6 Å². The lowest BCUT2D eigenvalue weighted by Gasteiger charge is -2.16. The maximum atomic E-state index is 12.8. The van der Waals surface area contributed by atoms with E-state index in [0.29, 0.717) is 42.0 Å². The Labute approximate surface area is 168 Å². The van der Waals surface area contributed by atoms with Gasteiger partial charge < -0.3 is 19.2 Å². The number of likely N-dealkylation sites (tertiary alicyclic amines) is 1. The molecular weight excluding hydrogens is 370 g/mol. The molecule has 0 saturated carbocycles. The number of nitrogens with zero attached hydrogens (tertiary/aromatic N) is 1. The van der Waals surface area contributed by atoms with Crippen LogP contribution in [0.1, 0.15) is 12.0 Å². The number of rotatable bonds is 6. The Kier molecular flexibility index (Phi) is 5.36.